The Labute approximate surface area is 128 Å². The standard InChI is InChI=1S/C14H15NO2S3/c1-18-11-7-9-12(10-8-11)20(16,17)15-13-5-3-4-6-14(13)19-2/h3-10,15H,1-2H3. The fraction of sp³-hybridized carbons (Fsp3) is 0.143. The lowest BCUT2D eigenvalue weighted by atomic mass is 10.3. The number of benzene rings is 2. The molecule has 0 aliphatic carbocycles. The van der Waals surface area contributed by atoms with Gasteiger partial charge in [-0.05, 0) is 48.9 Å². The lowest BCUT2D eigenvalue weighted by molar-refractivity contribution is 0.601. The van der Waals surface area contributed by atoms with Gasteiger partial charge in [-0.25, -0.2) is 8.42 Å². The van der Waals surface area contributed by atoms with Crippen LogP contribution in [0.15, 0.2) is 63.2 Å². The van der Waals surface area contributed by atoms with Crippen molar-refractivity contribution in [1.29, 1.82) is 0 Å². The van der Waals surface area contributed by atoms with Gasteiger partial charge in [0.2, 0.25) is 0 Å². The maximum atomic E-state index is 12.3. The fourth-order valence-corrected chi connectivity index (χ4v) is 3.79. The first-order chi connectivity index (χ1) is 9.56. The van der Waals surface area contributed by atoms with Crippen LogP contribution in [0.2, 0.25) is 0 Å². The van der Waals surface area contributed by atoms with Crippen molar-refractivity contribution in [1.82, 2.24) is 0 Å². The van der Waals surface area contributed by atoms with Crippen molar-refractivity contribution in [3.05, 3.63) is 48.5 Å². The molecule has 20 heavy (non-hydrogen) atoms. The zero-order valence-corrected chi connectivity index (χ0v) is 13.6. The quantitative estimate of drug-likeness (QED) is 0.846. The molecule has 2 rings (SSSR count). The van der Waals surface area contributed by atoms with Crippen molar-refractivity contribution in [2.24, 2.45) is 0 Å². The predicted octanol–water partition coefficient (Wildman–Crippen LogP) is 3.93. The number of rotatable bonds is 5. The molecule has 0 aliphatic heterocycles. The molecule has 0 fully saturated rings. The Morgan fingerprint density at radius 2 is 1.55 bits per heavy atom. The summed E-state index contributed by atoms with van der Waals surface area (Å²) >= 11 is 3.09. The maximum absolute atomic E-state index is 12.3. The van der Waals surface area contributed by atoms with Crippen molar-refractivity contribution in [3.8, 4) is 0 Å². The molecule has 2 aromatic rings. The van der Waals surface area contributed by atoms with E-state index in [1.165, 1.54) is 11.8 Å². The highest BCUT2D eigenvalue weighted by Crippen LogP contribution is 2.27. The number of hydrogen-bond donors (Lipinski definition) is 1. The molecule has 0 unspecified atom stereocenters. The van der Waals surface area contributed by atoms with Crippen LogP contribution in [-0.2, 0) is 10.0 Å². The van der Waals surface area contributed by atoms with E-state index in [1.54, 1.807) is 42.1 Å². The minimum Gasteiger partial charge on any atom is -0.278 e. The number of anilines is 1. The van der Waals surface area contributed by atoms with Crippen molar-refractivity contribution in [3.63, 3.8) is 0 Å². The topological polar surface area (TPSA) is 46.2 Å². The lowest BCUT2D eigenvalue weighted by Crippen LogP contribution is -2.13. The minimum absolute atomic E-state index is 0.270. The van der Waals surface area contributed by atoms with Crippen LogP contribution in [0.25, 0.3) is 0 Å². The lowest BCUT2D eigenvalue weighted by Gasteiger charge is -2.11. The SMILES string of the molecule is CSc1ccc(S(=O)(=O)Nc2ccccc2SC)cc1. The van der Waals surface area contributed by atoms with Gasteiger partial charge in [-0.3, -0.25) is 4.72 Å². The van der Waals surface area contributed by atoms with E-state index in [-0.39, 0.29) is 4.90 Å². The van der Waals surface area contributed by atoms with Crippen LogP contribution in [0.3, 0.4) is 0 Å². The summed E-state index contributed by atoms with van der Waals surface area (Å²) in [4.78, 5) is 2.21. The third-order valence-corrected chi connectivity index (χ3v) is 5.64. The van der Waals surface area contributed by atoms with Gasteiger partial charge >= 0.3 is 0 Å². The zero-order chi connectivity index (χ0) is 14.6. The molecule has 3 nitrogen and oxygen atoms in total. The molecule has 0 heterocycles. The van der Waals surface area contributed by atoms with Crippen LogP contribution >= 0.6 is 23.5 Å². The van der Waals surface area contributed by atoms with Crippen LogP contribution in [0.1, 0.15) is 0 Å². The number of sulfonamides is 1. The van der Waals surface area contributed by atoms with E-state index in [9.17, 15) is 8.42 Å². The van der Waals surface area contributed by atoms with Gasteiger partial charge in [-0.15, -0.1) is 23.5 Å². The van der Waals surface area contributed by atoms with E-state index >= 15 is 0 Å². The highest BCUT2D eigenvalue weighted by atomic mass is 32.2. The first-order valence-electron chi connectivity index (χ1n) is 5.87. The van der Waals surface area contributed by atoms with E-state index in [2.05, 4.69) is 4.72 Å². The summed E-state index contributed by atoms with van der Waals surface area (Å²) in [5, 5.41) is 0. The van der Waals surface area contributed by atoms with Gasteiger partial charge in [0.25, 0.3) is 10.0 Å². The Morgan fingerprint density at radius 3 is 2.15 bits per heavy atom. The highest BCUT2D eigenvalue weighted by Gasteiger charge is 2.15. The Morgan fingerprint density at radius 1 is 0.900 bits per heavy atom. The first-order valence-corrected chi connectivity index (χ1v) is 9.80. The number of para-hydroxylation sites is 1. The summed E-state index contributed by atoms with van der Waals surface area (Å²) in [5.41, 5.74) is 0.606. The molecular formula is C14H15NO2S3. The van der Waals surface area contributed by atoms with E-state index in [1.807, 2.05) is 30.7 Å². The second kappa shape index (κ2) is 6.56. The molecule has 106 valence electrons. The Hall–Kier alpha value is -1.11. The summed E-state index contributed by atoms with van der Waals surface area (Å²) < 4.78 is 27.3. The molecule has 6 heteroatoms. The number of nitrogens with one attached hydrogen (secondary N) is 1. The molecule has 0 saturated carbocycles. The Kier molecular flexibility index (Phi) is 5.01. The highest BCUT2D eigenvalue weighted by molar-refractivity contribution is 7.99. The Bertz CT molecular complexity index is 682. The summed E-state index contributed by atoms with van der Waals surface area (Å²) in [6.07, 6.45) is 3.87. The second-order valence-corrected chi connectivity index (χ2v) is 7.39. The van der Waals surface area contributed by atoms with Gasteiger partial charge < -0.3 is 0 Å². The van der Waals surface area contributed by atoms with Gasteiger partial charge in [0.05, 0.1) is 10.6 Å². The van der Waals surface area contributed by atoms with Gasteiger partial charge in [-0.2, -0.15) is 0 Å². The largest absolute Gasteiger partial charge is 0.278 e. The van der Waals surface area contributed by atoms with Crippen LogP contribution in [-0.4, -0.2) is 20.9 Å². The third-order valence-electron chi connectivity index (χ3n) is 2.72. The molecular weight excluding hydrogens is 310 g/mol. The third kappa shape index (κ3) is 3.50. The first kappa shape index (κ1) is 15.3. The van der Waals surface area contributed by atoms with Crippen LogP contribution in [0.5, 0.6) is 0 Å². The van der Waals surface area contributed by atoms with Crippen LogP contribution in [0.4, 0.5) is 5.69 Å². The normalized spacial score (nSPS) is 11.3. The number of hydrogen-bond acceptors (Lipinski definition) is 4. The van der Waals surface area contributed by atoms with Gasteiger partial charge in [0.1, 0.15) is 0 Å². The Balaban J connectivity index is 2.30. The molecule has 0 amide bonds. The average Bonchev–Trinajstić information content (AvgIpc) is 2.47. The molecule has 0 aliphatic rings. The molecule has 0 radical (unpaired) electrons. The van der Waals surface area contributed by atoms with Gasteiger partial charge in [-0.1, -0.05) is 12.1 Å². The predicted molar refractivity (Wildman–Crippen MR) is 87.3 cm³/mol. The van der Waals surface area contributed by atoms with Crippen molar-refractivity contribution >= 4 is 39.2 Å². The van der Waals surface area contributed by atoms with E-state index in [0.29, 0.717) is 5.69 Å². The second-order valence-electron chi connectivity index (χ2n) is 3.98. The van der Waals surface area contributed by atoms with E-state index < -0.39 is 10.0 Å². The van der Waals surface area contributed by atoms with Crippen molar-refractivity contribution in [2.45, 2.75) is 14.7 Å². The monoisotopic (exact) mass is 325 g/mol. The summed E-state index contributed by atoms with van der Waals surface area (Å²) in [6, 6.07) is 14.2. The van der Waals surface area contributed by atoms with Gasteiger partial charge in [0, 0.05) is 9.79 Å². The molecule has 1 N–H and O–H groups in total. The van der Waals surface area contributed by atoms with Gasteiger partial charge in [0.15, 0.2) is 0 Å². The van der Waals surface area contributed by atoms with Crippen LogP contribution in [0, 0.1) is 0 Å². The molecule has 2 aromatic carbocycles. The van der Waals surface area contributed by atoms with Crippen molar-refractivity contribution in [2.75, 3.05) is 17.2 Å². The van der Waals surface area contributed by atoms with Crippen molar-refractivity contribution < 1.29 is 8.42 Å². The smallest absolute Gasteiger partial charge is 0.261 e. The zero-order valence-electron chi connectivity index (χ0n) is 11.2. The fourth-order valence-electron chi connectivity index (χ4n) is 1.69. The maximum Gasteiger partial charge on any atom is 0.261 e. The average molecular weight is 325 g/mol. The van der Waals surface area contributed by atoms with E-state index in [4.69, 9.17) is 0 Å². The molecule has 0 bridgehead atoms. The molecule has 0 atom stereocenters. The molecule has 0 saturated heterocycles. The molecule has 0 aromatic heterocycles. The van der Waals surface area contributed by atoms with Crippen LogP contribution < -0.4 is 4.72 Å². The summed E-state index contributed by atoms with van der Waals surface area (Å²) in [5.74, 6) is 0. The number of thioether (sulfide) groups is 2. The minimum atomic E-state index is -3.54. The summed E-state index contributed by atoms with van der Waals surface area (Å²) in [7, 11) is -3.54. The van der Waals surface area contributed by atoms with E-state index in [0.717, 1.165) is 9.79 Å². The summed E-state index contributed by atoms with van der Waals surface area (Å²) in [6.45, 7) is 0. The molecule has 0 spiro atoms.